The second-order valence-electron chi connectivity index (χ2n) is 8.15. The molecule has 0 saturated carbocycles. The third kappa shape index (κ3) is 3.65. The van der Waals surface area contributed by atoms with Crippen LogP contribution in [-0.4, -0.2) is 35.7 Å². The van der Waals surface area contributed by atoms with Crippen LogP contribution in [0.2, 0.25) is 0 Å². The molecule has 0 bridgehead atoms. The Morgan fingerprint density at radius 3 is 2.28 bits per heavy atom. The van der Waals surface area contributed by atoms with E-state index >= 15 is 0 Å². The maximum absolute atomic E-state index is 12.8. The maximum Gasteiger partial charge on any atom is 0.256 e. The van der Waals surface area contributed by atoms with Crippen molar-refractivity contribution in [2.75, 3.05) is 11.1 Å². The second-order valence-corrected chi connectivity index (χ2v) is 8.96. The van der Waals surface area contributed by atoms with Crippen molar-refractivity contribution in [3.63, 3.8) is 0 Å². The molecule has 0 fully saturated rings. The molecule has 9 heteroatoms. The molecule has 1 unspecified atom stereocenters. The van der Waals surface area contributed by atoms with Crippen molar-refractivity contribution in [3.05, 3.63) is 97.1 Å². The first-order valence-electron chi connectivity index (χ1n) is 11.3. The van der Waals surface area contributed by atoms with Crippen LogP contribution in [0.5, 0.6) is 0 Å². The average Bonchev–Trinajstić information content (AvgIpc) is 3.50. The molecule has 8 nitrogen and oxygen atoms in total. The fraction of sp³-hybridized carbons (Fsp3) is 0.0741. The van der Waals surface area contributed by atoms with Crippen molar-refractivity contribution in [1.82, 2.24) is 24.1 Å². The van der Waals surface area contributed by atoms with Gasteiger partial charge in [0.05, 0.1) is 17.4 Å². The number of amides is 1. The Balaban J connectivity index is 1.50. The molecule has 1 amide bonds. The molecule has 0 aliphatic heterocycles. The molecule has 3 aromatic carbocycles. The first-order chi connectivity index (χ1) is 17.8. The van der Waals surface area contributed by atoms with Gasteiger partial charge in [0, 0.05) is 22.1 Å². The van der Waals surface area contributed by atoms with E-state index in [0.717, 1.165) is 21.8 Å². The molecular weight excluding hydrogens is 470 g/mol. The van der Waals surface area contributed by atoms with E-state index in [1.807, 2.05) is 47.0 Å². The molecule has 174 valence electrons. The van der Waals surface area contributed by atoms with E-state index in [1.54, 1.807) is 18.5 Å². The molecule has 36 heavy (non-hydrogen) atoms. The van der Waals surface area contributed by atoms with Crippen LogP contribution in [0.4, 0.5) is 5.82 Å². The summed E-state index contributed by atoms with van der Waals surface area (Å²) in [6, 6.07) is 25.4. The van der Waals surface area contributed by atoms with Gasteiger partial charge in [0.25, 0.3) is 5.91 Å². The first kappa shape index (κ1) is 21.8. The normalized spacial score (nSPS) is 12.1. The number of hydrogen-bond acceptors (Lipinski definition) is 6. The highest BCUT2D eigenvalue weighted by molar-refractivity contribution is 8.03. The minimum absolute atomic E-state index is 0.274. The number of carbonyl (C=O) groups is 1. The van der Waals surface area contributed by atoms with Crippen LogP contribution in [0.25, 0.3) is 33.0 Å². The molecule has 3 heterocycles. The number of fused-ring (bicyclic) bond motifs is 4. The number of benzene rings is 3. The second kappa shape index (κ2) is 9.17. The number of aromatic nitrogens is 5. The molecule has 0 aliphatic rings. The number of thioether (sulfide) groups is 1. The van der Waals surface area contributed by atoms with Crippen LogP contribution in [0.3, 0.4) is 0 Å². The minimum Gasteiger partial charge on any atom is -0.318 e. The van der Waals surface area contributed by atoms with E-state index in [1.165, 1.54) is 18.1 Å². The SMILES string of the molecule is N#CSCC(n1cnc2c(NC(=O)c3ccccc3)ncnc21)n1c2ccccc2c2ccccc21. The van der Waals surface area contributed by atoms with Gasteiger partial charge in [0.1, 0.15) is 17.9 Å². The molecule has 0 saturated heterocycles. The van der Waals surface area contributed by atoms with E-state index in [9.17, 15) is 10.1 Å². The number of carbonyl (C=O) groups excluding carboxylic acids is 1. The maximum atomic E-state index is 12.8. The fourth-order valence-corrected chi connectivity index (χ4v) is 5.13. The number of thiocyanates is 1. The summed E-state index contributed by atoms with van der Waals surface area (Å²) in [5.74, 6) is 0.533. The largest absolute Gasteiger partial charge is 0.318 e. The number of hydrogen-bond donors (Lipinski definition) is 1. The Kier molecular flexibility index (Phi) is 5.56. The molecule has 1 N–H and O–H groups in total. The van der Waals surface area contributed by atoms with Crippen LogP contribution >= 0.6 is 11.8 Å². The number of rotatable bonds is 6. The first-order valence-corrected chi connectivity index (χ1v) is 12.3. The van der Waals surface area contributed by atoms with Gasteiger partial charge in [-0.1, -0.05) is 54.6 Å². The Hall–Kier alpha value is -4.68. The van der Waals surface area contributed by atoms with Gasteiger partial charge in [0.15, 0.2) is 17.0 Å². The van der Waals surface area contributed by atoms with Crippen LogP contribution in [-0.2, 0) is 0 Å². The van der Waals surface area contributed by atoms with Crippen molar-refractivity contribution >= 4 is 56.5 Å². The number of nitriles is 1. The highest BCUT2D eigenvalue weighted by Gasteiger charge is 2.23. The monoisotopic (exact) mass is 489 g/mol. The van der Waals surface area contributed by atoms with Crippen LogP contribution in [0.15, 0.2) is 91.5 Å². The Morgan fingerprint density at radius 1 is 0.917 bits per heavy atom. The van der Waals surface area contributed by atoms with Crippen molar-refractivity contribution in [2.45, 2.75) is 6.17 Å². The smallest absolute Gasteiger partial charge is 0.256 e. The van der Waals surface area contributed by atoms with E-state index in [2.05, 4.69) is 54.5 Å². The molecule has 0 radical (unpaired) electrons. The minimum atomic E-state index is -0.294. The van der Waals surface area contributed by atoms with Gasteiger partial charge in [0.2, 0.25) is 0 Å². The summed E-state index contributed by atoms with van der Waals surface area (Å²) < 4.78 is 4.17. The van der Waals surface area contributed by atoms with E-state index in [0.29, 0.717) is 28.3 Å². The lowest BCUT2D eigenvalue weighted by Gasteiger charge is -2.22. The lowest BCUT2D eigenvalue weighted by molar-refractivity contribution is 0.102. The summed E-state index contributed by atoms with van der Waals surface area (Å²) in [6.45, 7) is 0. The Bertz CT molecular complexity index is 1710. The third-order valence-electron chi connectivity index (χ3n) is 6.16. The molecule has 1 atom stereocenters. The number of nitrogens with zero attached hydrogens (tertiary/aromatic N) is 6. The van der Waals surface area contributed by atoms with Crippen LogP contribution in [0.1, 0.15) is 16.5 Å². The van der Waals surface area contributed by atoms with Gasteiger partial charge >= 0.3 is 0 Å². The predicted octanol–water partition coefficient (Wildman–Crippen LogP) is 5.45. The highest BCUT2D eigenvalue weighted by atomic mass is 32.2. The average molecular weight is 490 g/mol. The lowest BCUT2D eigenvalue weighted by atomic mass is 10.2. The number of imidazole rings is 1. The van der Waals surface area contributed by atoms with E-state index < -0.39 is 0 Å². The van der Waals surface area contributed by atoms with Gasteiger partial charge in [-0.25, -0.2) is 15.0 Å². The fourth-order valence-electron chi connectivity index (χ4n) is 4.60. The highest BCUT2D eigenvalue weighted by Crippen LogP contribution is 2.34. The van der Waals surface area contributed by atoms with Crippen molar-refractivity contribution in [1.29, 1.82) is 5.26 Å². The standard InChI is InChI=1S/C27H19N7OS/c28-15-36-14-23(34-21-12-6-4-10-19(21)20-11-5-7-13-22(20)34)33-17-31-24-25(29-16-30-26(24)33)32-27(35)18-8-2-1-3-9-18/h1-13,16-17,23H,14H2,(H,29,30,32,35). The quantitative estimate of drug-likeness (QED) is 0.312. The van der Waals surface area contributed by atoms with Crippen molar-refractivity contribution in [3.8, 4) is 5.40 Å². The third-order valence-corrected chi connectivity index (χ3v) is 6.75. The van der Waals surface area contributed by atoms with Crippen LogP contribution in [0, 0.1) is 10.7 Å². The topological polar surface area (TPSA) is 101 Å². The van der Waals surface area contributed by atoms with Gasteiger partial charge in [-0.2, -0.15) is 5.26 Å². The van der Waals surface area contributed by atoms with Gasteiger partial charge in [-0.15, -0.1) is 0 Å². The Labute approximate surface area is 210 Å². The molecule has 6 aromatic rings. The zero-order valence-corrected chi connectivity index (χ0v) is 19.8. The number of anilines is 1. The Morgan fingerprint density at radius 2 is 1.58 bits per heavy atom. The molecular formula is C27H19N7OS. The van der Waals surface area contributed by atoms with Gasteiger partial charge < -0.3 is 9.88 Å². The molecule has 6 rings (SSSR count). The zero-order chi connectivity index (χ0) is 24.5. The summed E-state index contributed by atoms with van der Waals surface area (Å²) in [7, 11) is 0. The van der Waals surface area contributed by atoms with Crippen LogP contribution < -0.4 is 5.32 Å². The van der Waals surface area contributed by atoms with E-state index in [4.69, 9.17) is 0 Å². The summed E-state index contributed by atoms with van der Waals surface area (Å²) in [6.07, 6.45) is 2.82. The molecule has 3 aromatic heterocycles. The van der Waals surface area contributed by atoms with E-state index in [-0.39, 0.29) is 12.1 Å². The van der Waals surface area contributed by atoms with Gasteiger partial charge in [-0.3, -0.25) is 9.36 Å². The van der Waals surface area contributed by atoms with Crippen molar-refractivity contribution < 1.29 is 4.79 Å². The summed E-state index contributed by atoms with van der Waals surface area (Å²) in [5.41, 5.74) is 3.68. The molecule has 0 spiro atoms. The summed E-state index contributed by atoms with van der Waals surface area (Å²) >= 11 is 1.17. The summed E-state index contributed by atoms with van der Waals surface area (Å²) in [4.78, 5) is 26.2. The van der Waals surface area contributed by atoms with Crippen molar-refractivity contribution in [2.24, 2.45) is 0 Å². The zero-order valence-electron chi connectivity index (χ0n) is 18.9. The molecule has 0 aliphatic carbocycles. The number of para-hydroxylation sites is 2. The van der Waals surface area contributed by atoms with Gasteiger partial charge in [-0.05, 0) is 36.0 Å². The lowest BCUT2D eigenvalue weighted by Crippen LogP contribution is -2.20. The summed E-state index contributed by atoms with van der Waals surface area (Å²) in [5, 5.41) is 16.7. The predicted molar refractivity (Wildman–Crippen MR) is 142 cm³/mol. The number of nitrogens with one attached hydrogen (secondary N) is 1.